The quantitative estimate of drug-likeness (QED) is 0.507. The SMILES string of the molecule is Cc1ccc(C(C)CCn2c3nc(=O)[nH]c(=O)c-3nc3cc(C(C)C)ccc32)cc1. The number of rotatable bonds is 5. The fraction of sp³-hybridized carbons (Fsp3) is 0.333. The molecule has 0 fully saturated rings. The fourth-order valence-electron chi connectivity index (χ4n) is 3.79. The normalized spacial score (nSPS) is 12.7. The third-order valence-electron chi connectivity index (χ3n) is 5.73. The van der Waals surface area contributed by atoms with Gasteiger partial charge >= 0.3 is 5.69 Å². The summed E-state index contributed by atoms with van der Waals surface area (Å²) in [6.07, 6.45) is 0.844. The smallest absolute Gasteiger partial charge is 0.322 e. The molecule has 0 amide bonds. The van der Waals surface area contributed by atoms with Crippen LogP contribution in [0.1, 0.15) is 55.7 Å². The first-order valence-corrected chi connectivity index (χ1v) is 10.3. The van der Waals surface area contributed by atoms with E-state index in [9.17, 15) is 9.59 Å². The van der Waals surface area contributed by atoms with Crippen molar-refractivity contribution in [1.29, 1.82) is 0 Å². The molecule has 0 saturated heterocycles. The van der Waals surface area contributed by atoms with E-state index in [2.05, 4.69) is 73.0 Å². The van der Waals surface area contributed by atoms with Crippen LogP contribution in [0, 0.1) is 6.92 Å². The highest BCUT2D eigenvalue weighted by molar-refractivity contribution is 5.80. The van der Waals surface area contributed by atoms with Crippen LogP contribution in [0.15, 0.2) is 52.1 Å². The van der Waals surface area contributed by atoms with E-state index in [-0.39, 0.29) is 5.69 Å². The van der Waals surface area contributed by atoms with Crippen LogP contribution in [0.2, 0.25) is 0 Å². The molecule has 6 nitrogen and oxygen atoms in total. The molecule has 0 saturated carbocycles. The number of nitrogens with zero attached hydrogens (tertiary/aromatic N) is 3. The standard InChI is InChI=1S/C24H26N4O2/c1-14(2)18-9-10-20-19(13-18)25-21-22(26-24(30)27-23(21)29)28(20)12-11-16(4)17-7-5-15(3)6-8-17/h5-10,13-14,16H,11-12H2,1-4H3,(H,27,29,30). The Morgan fingerprint density at radius 2 is 1.67 bits per heavy atom. The molecule has 2 aliphatic heterocycles. The summed E-state index contributed by atoms with van der Waals surface area (Å²) in [7, 11) is 0. The van der Waals surface area contributed by atoms with Crippen LogP contribution >= 0.6 is 0 Å². The van der Waals surface area contributed by atoms with Gasteiger partial charge in [0.25, 0.3) is 5.56 Å². The van der Waals surface area contributed by atoms with Gasteiger partial charge in [0.2, 0.25) is 0 Å². The van der Waals surface area contributed by atoms with Crippen molar-refractivity contribution in [1.82, 2.24) is 19.5 Å². The van der Waals surface area contributed by atoms with Crippen molar-refractivity contribution in [2.45, 2.75) is 52.5 Å². The van der Waals surface area contributed by atoms with E-state index >= 15 is 0 Å². The molecule has 30 heavy (non-hydrogen) atoms. The monoisotopic (exact) mass is 402 g/mol. The number of hydrogen-bond donors (Lipinski definition) is 1. The van der Waals surface area contributed by atoms with E-state index < -0.39 is 11.2 Å². The molecule has 2 aromatic rings. The first kappa shape index (κ1) is 20.0. The number of hydrogen-bond acceptors (Lipinski definition) is 4. The number of fused-ring (bicyclic) bond motifs is 2. The van der Waals surface area contributed by atoms with Crippen molar-refractivity contribution >= 4 is 11.0 Å². The first-order valence-electron chi connectivity index (χ1n) is 10.3. The molecule has 2 aromatic carbocycles. The van der Waals surface area contributed by atoms with Crippen molar-refractivity contribution in [3.8, 4) is 11.5 Å². The number of nitrogens with one attached hydrogen (secondary N) is 1. The minimum absolute atomic E-state index is 0.200. The summed E-state index contributed by atoms with van der Waals surface area (Å²) in [6.45, 7) is 9.14. The zero-order valence-electron chi connectivity index (χ0n) is 17.8. The van der Waals surface area contributed by atoms with E-state index in [1.54, 1.807) is 0 Å². The lowest BCUT2D eigenvalue weighted by Crippen LogP contribution is -2.29. The Labute approximate surface area is 175 Å². The summed E-state index contributed by atoms with van der Waals surface area (Å²) in [6, 6.07) is 14.7. The molecule has 0 aromatic heterocycles. The van der Waals surface area contributed by atoms with Crippen LogP contribution in [0.5, 0.6) is 0 Å². The van der Waals surface area contributed by atoms with Crippen LogP contribution in [-0.2, 0) is 6.54 Å². The predicted octanol–water partition coefficient (Wildman–Crippen LogP) is 4.21. The van der Waals surface area contributed by atoms with Crippen LogP contribution in [0.25, 0.3) is 22.6 Å². The Bertz CT molecular complexity index is 1290. The average Bonchev–Trinajstić information content (AvgIpc) is 2.71. The van der Waals surface area contributed by atoms with Gasteiger partial charge in [-0.2, -0.15) is 4.98 Å². The molecule has 1 unspecified atom stereocenters. The fourth-order valence-corrected chi connectivity index (χ4v) is 3.79. The Morgan fingerprint density at radius 3 is 2.37 bits per heavy atom. The highest BCUT2D eigenvalue weighted by Crippen LogP contribution is 2.27. The molecule has 2 heterocycles. The molecule has 6 heteroatoms. The van der Waals surface area contributed by atoms with Crippen LogP contribution < -0.4 is 11.2 Å². The summed E-state index contributed by atoms with van der Waals surface area (Å²) >= 11 is 0. The second kappa shape index (κ2) is 7.86. The summed E-state index contributed by atoms with van der Waals surface area (Å²) < 4.78 is 1.96. The van der Waals surface area contributed by atoms with Crippen LogP contribution in [0.4, 0.5) is 0 Å². The Balaban J connectivity index is 1.81. The zero-order chi connectivity index (χ0) is 21.4. The van der Waals surface area contributed by atoms with Gasteiger partial charge < -0.3 is 4.57 Å². The first-order chi connectivity index (χ1) is 14.3. The zero-order valence-corrected chi connectivity index (χ0v) is 17.8. The van der Waals surface area contributed by atoms with Gasteiger partial charge in [0.15, 0.2) is 11.5 Å². The summed E-state index contributed by atoms with van der Waals surface area (Å²) in [4.78, 5) is 35.2. The predicted molar refractivity (Wildman–Crippen MR) is 119 cm³/mol. The van der Waals surface area contributed by atoms with Gasteiger partial charge in [0.05, 0.1) is 11.0 Å². The van der Waals surface area contributed by atoms with Crippen molar-refractivity contribution in [3.05, 3.63) is 80.0 Å². The number of H-pyrrole nitrogens is 1. The highest BCUT2D eigenvalue weighted by atomic mass is 16.2. The minimum atomic E-state index is -0.646. The lowest BCUT2D eigenvalue weighted by atomic mass is 9.96. The number of benzene rings is 2. The van der Waals surface area contributed by atoms with Crippen LogP contribution in [0.3, 0.4) is 0 Å². The molecule has 2 aliphatic rings. The van der Waals surface area contributed by atoms with Crippen molar-refractivity contribution in [2.75, 3.05) is 0 Å². The molecular weight excluding hydrogens is 376 g/mol. The van der Waals surface area contributed by atoms with Gasteiger partial charge in [-0.15, -0.1) is 0 Å². The van der Waals surface area contributed by atoms with E-state index in [1.165, 1.54) is 11.1 Å². The molecule has 0 aliphatic carbocycles. The average molecular weight is 402 g/mol. The van der Waals surface area contributed by atoms with Crippen molar-refractivity contribution in [3.63, 3.8) is 0 Å². The topological polar surface area (TPSA) is 80.6 Å². The maximum atomic E-state index is 12.4. The summed E-state index contributed by atoms with van der Waals surface area (Å²) in [5.41, 5.74) is 4.32. The number of aryl methyl sites for hydroxylation is 2. The van der Waals surface area contributed by atoms with Crippen molar-refractivity contribution in [2.24, 2.45) is 0 Å². The Hall–Kier alpha value is -3.28. The summed E-state index contributed by atoms with van der Waals surface area (Å²) in [5.74, 6) is 1.01. The third kappa shape index (κ3) is 3.77. The number of aromatic amines is 1. The van der Waals surface area contributed by atoms with Gasteiger partial charge in [-0.1, -0.05) is 56.7 Å². The van der Waals surface area contributed by atoms with Gasteiger partial charge in [0, 0.05) is 6.54 Å². The van der Waals surface area contributed by atoms with Gasteiger partial charge in [-0.25, -0.2) is 9.78 Å². The molecule has 0 bridgehead atoms. The minimum Gasteiger partial charge on any atom is -0.322 e. The van der Waals surface area contributed by atoms with Gasteiger partial charge in [0.1, 0.15) is 0 Å². The second-order valence-electron chi connectivity index (χ2n) is 8.31. The maximum absolute atomic E-state index is 12.4. The van der Waals surface area contributed by atoms with Gasteiger partial charge in [-0.05, 0) is 48.4 Å². The van der Waals surface area contributed by atoms with E-state index in [0.29, 0.717) is 24.2 Å². The van der Waals surface area contributed by atoms with E-state index in [1.807, 2.05) is 16.7 Å². The summed E-state index contributed by atoms with van der Waals surface area (Å²) in [5, 5.41) is 0. The molecule has 1 N–H and O–H groups in total. The molecule has 0 radical (unpaired) electrons. The lowest BCUT2D eigenvalue weighted by molar-refractivity contribution is 0.582. The molecule has 154 valence electrons. The molecule has 0 spiro atoms. The molecular formula is C24H26N4O2. The highest BCUT2D eigenvalue weighted by Gasteiger charge is 2.19. The Kier molecular flexibility index (Phi) is 5.24. The Morgan fingerprint density at radius 1 is 0.967 bits per heavy atom. The van der Waals surface area contributed by atoms with E-state index in [4.69, 9.17) is 0 Å². The largest absolute Gasteiger partial charge is 0.349 e. The molecule has 1 atom stereocenters. The lowest BCUT2D eigenvalue weighted by Gasteiger charge is -2.20. The second-order valence-corrected chi connectivity index (χ2v) is 8.31. The molecule has 4 rings (SSSR count). The number of aromatic nitrogens is 4. The maximum Gasteiger partial charge on any atom is 0.349 e. The van der Waals surface area contributed by atoms with Crippen LogP contribution in [-0.4, -0.2) is 19.5 Å². The van der Waals surface area contributed by atoms with Crippen molar-refractivity contribution < 1.29 is 0 Å². The third-order valence-corrected chi connectivity index (χ3v) is 5.73. The van der Waals surface area contributed by atoms with Gasteiger partial charge in [-0.3, -0.25) is 9.78 Å². The van der Waals surface area contributed by atoms with E-state index in [0.717, 1.165) is 23.0 Å².